The molecule has 0 saturated carbocycles. The highest BCUT2D eigenvalue weighted by Gasteiger charge is 2.36. The molecule has 1 saturated heterocycles. The van der Waals surface area contributed by atoms with Crippen LogP contribution in [0.3, 0.4) is 0 Å². The Kier molecular flexibility index (Phi) is 8.02. The van der Waals surface area contributed by atoms with E-state index in [2.05, 4.69) is 20.9 Å². The predicted molar refractivity (Wildman–Crippen MR) is 148 cm³/mol. The minimum absolute atomic E-state index is 0.0564. The number of pyridine rings is 1. The molecule has 5 rings (SSSR count). The van der Waals surface area contributed by atoms with E-state index in [9.17, 15) is 14.4 Å². The van der Waals surface area contributed by atoms with Crippen LogP contribution in [0.4, 0.5) is 10.5 Å². The van der Waals surface area contributed by atoms with Crippen molar-refractivity contribution in [1.82, 2.24) is 25.4 Å². The molecule has 1 fully saturated rings. The predicted octanol–water partition coefficient (Wildman–Crippen LogP) is 2.59. The number of urea groups is 1. The average Bonchev–Trinajstić information content (AvgIpc) is 3.34. The largest absolute Gasteiger partial charge is 0.491 e. The molecular formula is C29H32N6O4. The number of likely N-dealkylation sites (N-methyl/N-ethyl adjacent to an activating group) is 1. The first kappa shape index (κ1) is 26.2. The third-order valence-electron chi connectivity index (χ3n) is 6.90. The van der Waals surface area contributed by atoms with E-state index in [4.69, 9.17) is 4.74 Å². The maximum Gasteiger partial charge on any atom is 0.319 e. The van der Waals surface area contributed by atoms with Crippen LogP contribution < -0.4 is 20.7 Å². The summed E-state index contributed by atoms with van der Waals surface area (Å²) in [6.07, 6.45) is 3.82. The van der Waals surface area contributed by atoms with Gasteiger partial charge in [0.15, 0.2) is 0 Å². The summed E-state index contributed by atoms with van der Waals surface area (Å²) in [5, 5.41) is 8.75. The SMILES string of the molecule is CN1CCNC(=O)c2cncc(c2)-c2cccc(c2)OC[C@@H]2C[C@@H](NC(=O)Nc3ccccc3)CN2C(=O)C1. The minimum atomic E-state index is -0.314. The second kappa shape index (κ2) is 12.0. The summed E-state index contributed by atoms with van der Waals surface area (Å²) in [6, 6.07) is 17.9. The van der Waals surface area contributed by atoms with E-state index in [1.54, 1.807) is 17.3 Å². The molecule has 2 aliphatic rings. The monoisotopic (exact) mass is 528 g/mol. The van der Waals surface area contributed by atoms with Crippen molar-refractivity contribution < 1.29 is 19.1 Å². The van der Waals surface area contributed by atoms with Gasteiger partial charge < -0.3 is 25.6 Å². The number of nitrogens with one attached hydrogen (secondary N) is 3. The summed E-state index contributed by atoms with van der Waals surface area (Å²) < 4.78 is 6.17. The number of nitrogens with zero attached hydrogens (tertiary/aromatic N) is 3. The standard InChI is InChI=1S/C29H32N6O4/c1-34-11-10-31-28(37)22-12-21(15-30-16-22)20-6-5-9-26(13-20)39-19-25-14-24(17-35(25)27(36)18-34)33-29(38)32-23-7-3-2-4-8-23/h2-9,12-13,15-16,24-25H,10-11,14,17-19H2,1H3,(H,31,37)(H2,32,33,38)/t24-,25+/m1/s1. The number of benzene rings is 2. The Balaban J connectivity index is 1.34. The van der Waals surface area contributed by atoms with Crippen molar-refractivity contribution >= 4 is 23.5 Å². The fourth-order valence-corrected chi connectivity index (χ4v) is 4.90. The summed E-state index contributed by atoms with van der Waals surface area (Å²) in [4.78, 5) is 46.6. The van der Waals surface area contributed by atoms with Crippen LogP contribution in [0.1, 0.15) is 16.8 Å². The Morgan fingerprint density at radius 2 is 1.85 bits per heavy atom. The fourth-order valence-electron chi connectivity index (χ4n) is 4.90. The second-order valence-electron chi connectivity index (χ2n) is 9.89. The number of amides is 4. The number of rotatable bonds is 2. The third-order valence-corrected chi connectivity index (χ3v) is 6.90. The third kappa shape index (κ3) is 6.71. The van der Waals surface area contributed by atoms with Crippen LogP contribution in [-0.4, -0.2) is 84.5 Å². The van der Waals surface area contributed by atoms with Crippen molar-refractivity contribution in [2.24, 2.45) is 0 Å². The Morgan fingerprint density at radius 1 is 1.03 bits per heavy atom. The summed E-state index contributed by atoms with van der Waals surface area (Å²) in [6.45, 7) is 1.75. The molecule has 0 aliphatic carbocycles. The highest BCUT2D eigenvalue weighted by molar-refractivity contribution is 5.95. The van der Waals surface area contributed by atoms with Gasteiger partial charge in [0.05, 0.1) is 24.2 Å². The molecule has 2 aliphatic heterocycles. The molecule has 2 atom stereocenters. The number of hydrogen-bond acceptors (Lipinski definition) is 6. The van der Waals surface area contributed by atoms with Crippen molar-refractivity contribution in [1.29, 1.82) is 0 Å². The smallest absolute Gasteiger partial charge is 0.319 e. The molecule has 0 spiro atoms. The number of hydrogen-bond donors (Lipinski definition) is 3. The minimum Gasteiger partial charge on any atom is -0.491 e. The van der Waals surface area contributed by atoms with Crippen LogP contribution in [0, 0.1) is 0 Å². The van der Waals surface area contributed by atoms with E-state index in [1.807, 2.05) is 72.6 Å². The van der Waals surface area contributed by atoms with Gasteiger partial charge in [-0.3, -0.25) is 19.5 Å². The maximum absolute atomic E-state index is 13.3. The first-order chi connectivity index (χ1) is 18.9. The first-order valence-corrected chi connectivity index (χ1v) is 13.0. The van der Waals surface area contributed by atoms with Crippen molar-refractivity contribution in [3.63, 3.8) is 0 Å². The number of para-hydroxylation sites is 1. The lowest BCUT2D eigenvalue weighted by molar-refractivity contribution is -0.133. The average molecular weight is 529 g/mol. The Labute approximate surface area is 227 Å². The molecule has 4 bridgehead atoms. The van der Waals surface area contributed by atoms with E-state index in [0.29, 0.717) is 43.1 Å². The Bertz CT molecular complexity index is 1330. The molecule has 10 heteroatoms. The van der Waals surface area contributed by atoms with E-state index in [0.717, 1.165) is 11.1 Å². The lowest BCUT2D eigenvalue weighted by atomic mass is 10.1. The van der Waals surface area contributed by atoms with Crippen LogP contribution in [-0.2, 0) is 4.79 Å². The normalized spacial score (nSPS) is 20.3. The molecule has 1 aromatic heterocycles. The quantitative estimate of drug-likeness (QED) is 0.471. The molecule has 39 heavy (non-hydrogen) atoms. The van der Waals surface area contributed by atoms with E-state index >= 15 is 0 Å². The molecule has 2 aromatic carbocycles. The summed E-state index contributed by atoms with van der Waals surface area (Å²) in [5.41, 5.74) is 2.84. The van der Waals surface area contributed by atoms with Gasteiger partial charge in [-0.1, -0.05) is 30.3 Å². The molecular weight excluding hydrogens is 496 g/mol. The molecule has 0 radical (unpaired) electrons. The van der Waals surface area contributed by atoms with Gasteiger partial charge >= 0.3 is 6.03 Å². The second-order valence-corrected chi connectivity index (χ2v) is 9.89. The zero-order valence-corrected chi connectivity index (χ0v) is 21.8. The number of carbonyl (C=O) groups excluding carboxylic acids is 3. The maximum atomic E-state index is 13.3. The van der Waals surface area contributed by atoms with E-state index < -0.39 is 0 Å². The molecule has 10 nitrogen and oxygen atoms in total. The molecule has 3 N–H and O–H groups in total. The summed E-state index contributed by atoms with van der Waals surface area (Å²) in [5.74, 6) is 0.372. The van der Waals surface area contributed by atoms with E-state index in [1.165, 1.54) is 0 Å². The van der Waals surface area contributed by atoms with Gasteiger partial charge in [0.2, 0.25) is 5.91 Å². The van der Waals surface area contributed by atoms with Gasteiger partial charge in [-0.25, -0.2) is 4.79 Å². The van der Waals surface area contributed by atoms with Crippen molar-refractivity contribution in [3.8, 4) is 16.9 Å². The highest BCUT2D eigenvalue weighted by atomic mass is 16.5. The van der Waals surface area contributed by atoms with E-state index in [-0.39, 0.29) is 43.1 Å². The van der Waals surface area contributed by atoms with Gasteiger partial charge in [0.25, 0.3) is 5.91 Å². The number of anilines is 1. The molecule has 3 heterocycles. The van der Waals surface area contributed by atoms with Gasteiger partial charge in [-0.15, -0.1) is 0 Å². The topological polar surface area (TPSA) is 116 Å². The number of carbonyl (C=O) groups is 3. The lowest BCUT2D eigenvalue weighted by Crippen LogP contribution is -2.46. The van der Waals surface area contributed by atoms with Gasteiger partial charge in [0, 0.05) is 43.3 Å². The number of aromatic nitrogens is 1. The van der Waals surface area contributed by atoms with Crippen molar-refractivity contribution in [2.75, 3.05) is 45.2 Å². The van der Waals surface area contributed by atoms with Crippen molar-refractivity contribution in [3.05, 3.63) is 78.6 Å². The molecule has 4 amide bonds. The molecule has 0 unspecified atom stereocenters. The Morgan fingerprint density at radius 3 is 2.69 bits per heavy atom. The van der Waals surface area contributed by atoms with Crippen LogP contribution >= 0.6 is 0 Å². The zero-order chi connectivity index (χ0) is 27.2. The number of ether oxygens (including phenoxy) is 1. The van der Waals surface area contributed by atoms with Crippen LogP contribution in [0.5, 0.6) is 5.75 Å². The van der Waals surface area contributed by atoms with Crippen LogP contribution in [0.15, 0.2) is 73.1 Å². The summed E-state index contributed by atoms with van der Waals surface area (Å²) >= 11 is 0. The lowest BCUT2D eigenvalue weighted by Gasteiger charge is -2.27. The van der Waals surface area contributed by atoms with Crippen LogP contribution in [0.25, 0.3) is 11.1 Å². The van der Waals surface area contributed by atoms with Gasteiger partial charge in [-0.05, 0) is 49.4 Å². The van der Waals surface area contributed by atoms with Crippen LogP contribution in [0.2, 0.25) is 0 Å². The zero-order valence-electron chi connectivity index (χ0n) is 21.8. The molecule has 3 aromatic rings. The van der Waals surface area contributed by atoms with Gasteiger partial charge in [-0.2, -0.15) is 0 Å². The molecule has 202 valence electrons. The van der Waals surface area contributed by atoms with Gasteiger partial charge in [0.1, 0.15) is 12.4 Å². The first-order valence-electron chi connectivity index (χ1n) is 13.0. The van der Waals surface area contributed by atoms with Crippen molar-refractivity contribution in [2.45, 2.75) is 18.5 Å². The Hall–Kier alpha value is -4.44. The highest BCUT2D eigenvalue weighted by Crippen LogP contribution is 2.26. The number of fused-ring (bicyclic) bond motifs is 6. The summed E-state index contributed by atoms with van der Waals surface area (Å²) in [7, 11) is 1.84. The fraction of sp³-hybridized carbons (Fsp3) is 0.310.